The van der Waals surface area contributed by atoms with Gasteiger partial charge in [0, 0.05) is 25.7 Å². The van der Waals surface area contributed by atoms with Crippen LogP contribution in [0.5, 0.6) is 0 Å². The molecule has 0 spiro atoms. The van der Waals surface area contributed by atoms with Gasteiger partial charge in [0.1, 0.15) is 0 Å². The monoisotopic (exact) mass is 283 g/mol. The van der Waals surface area contributed by atoms with Crippen LogP contribution in [0, 0.1) is 5.92 Å². The van der Waals surface area contributed by atoms with Crippen LogP contribution in [0.4, 0.5) is 0 Å². The molecule has 0 aromatic carbocycles. The highest BCUT2D eigenvalue weighted by Crippen LogP contribution is 2.14. The number of aliphatic imine (C=N–C) groups is 1. The van der Waals surface area contributed by atoms with E-state index in [1.165, 1.54) is 25.7 Å². The molecule has 1 fully saturated rings. The Morgan fingerprint density at radius 1 is 1.30 bits per heavy atom. The first kappa shape index (κ1) is 17.3. The van der Waals surface area contributed by atoms with Crippen molar-refractivity contribution in [3.05, 3.63) is 0 Å². The third-order valence-corrected chi connectivity index (χ3v) is 3.65. The van der Waals surface area contributed by atoms with Crippen LogP contribution in [0.15, 0.2) is 4.99 Å². The average Bonchev–Trinajstić information content (AvgIpc) is 2.89. The van der Waals surface area contributed by atoms with Crippen LogP contribution in [0.25, 0.3) is 0 Å². The number of ether oxygens (including phenoxy) is 1. The summed E-state index contributed by atoms with van der Waals surface area (Å²) < 4.78 is 5.63. The van der Waals surface area contributed by atoms with Crippen molar-refractivity contribution < 1.29 is 4.74 Å². The lowest BCUT2D eigenvalue weighted by atomic mass is 10.0. The Bertz CT molecular complexity index is 273. The molecule has 1 heterocycles. The summed E-state index contributed by atoms with van der Waals surface area (Å²) >= 11 is 0. The molecule has 118 valence electrons. The zero-order valence-corrected chi connectivity index (χ0v) is 13.7. The van der Waals surface area contributed by atoms with Crippen LogP contribution in [0.2, 0.25) is 0 Å². The molecule has 1 aliphatic rings. The molecular formula is C16H33N3O. The minimum absolute atomic E-state index is 0.431. The molecule has 0 aliphatic carbocycles. The maximum atomic E-state index is 5.63. The second kappa shape index (κ2) is 10.0. The fraction of sp³-hybridized carbons (Fsp3) is 0.938. The Hall–Kier alpha value is -0.770. The molecule has 2 N–H and O–H groups in total. The minimum atomic E-state index is 0.431. The molecule has 4 nitrogen and oxygen atoms in total. The van der Waals surface area contributed by atoms with Gasteiger partial charge in [-0.3, -0.25) is 4.99 Å². The van der Waals surface area contributed by atoms with Crippen molar-refractivity contribution in [3.8, 4) is 0 Å². The quantitative estimate of drug-likeness (QED) is 0.532. The second-order valence-corrected chi connectivity index (χ2v) is 6.20. The summed E-state index contributed by atoms with van der Waals surface area (Å²) in [7, 11) is 0. The van der Waals surface area contributed by atoms with E-state index in [2.05, 4.69) is 43.3 Å². The normalized spacial score (nSPS) is 21.2. The van der Waals surface area contributed by atoms with E-state index in [1.807, 2.05) is 0 Å². The predicted molar refractivity (Wildman–Crippen MR) is 86.2 cm³/mol. The smallest absolute Gasteiger partial charge is 0.191 e. The number of guanidine groups is 1. The zero-order chi connectivity index (χ0) is 14.8. The second-order valence-electron chi connectivity index (χ2n) is 6.20. The number of hydrogen-bond donors (Lipinski definition) is 2. The molecule has 0 amide bonds. The van der Waals surface area contributed by atoms with Gasteiger partial charge in [-0.1, -0.05) is 13.8 Å². The average molecular weight is 283 g/mol. The summed E-state index contributed by atoms with van der Waals surface area (Å²) in [6.45, 7) is 11.6. The van der Waals surface area contributed by atoms with Crippen molar-refractivity contribution in [1.29, 1.82) is 0 Å². The SMILES string of the molecule is CCNC(=NCCC1CCCO1)NC(C)CCC(C)C. The first-order chi connectivity index (χ1) is 9.61. The molecule has 1 aliphatic heterocycles. The van der Waals surface area contributed by atoms with Crippen LogP contribution in [0.1, 0.15) is 59.8 Å². The van der Waals surface area contributed by atoms with Crippen molar-refractivity contribution in [2.45, 2.75) is 71.9 Å². The lowest BCUT2D eigenvalue weighted by Crippen LogP contribution is -2.42. The Kier molecular flexibility index (Phi) is 8.67. The van der Waals surface area contributed by atoms with Crippen molar-refractivity contribution in [2.24, 2.45) is 10.9 Å². The van der Waals surface area contributed by atoms with Gasteiger partial charge in [-0.05, 0) is 51.9 Å². The summed E-state index contributed by atoms with van der Waals surface area (Å²) in [5, 5.41) is 6.82. The molecule has 2 unspecified atom stereocenters. The largest absolute Gasteiger partial charge is 0.378 e. The number of rotatable bonds is 8. The summed E-state index contributed by atoms with van der Waals surface area (Å²) in [5.41, 5.74) is 0. The van der Waals surface area contributed by atoms with Crippen molar-refractivity contribution >= 4 is 5.96 Å². The zero-order valence-electron chi connectivity index (χ0n) is 13.7. The number of hydrogen-bond acceptors (Lipinski definition) is 2. The standard InChI is InChI=1S/C16H33N3O/c1-5-17-16(19-14(4)9-8-13(2)3)18-11-10-15-7-6-12-20-15/h13-15H,5-12H2,1-4H3,(H2,17,18,19). The molecule has 1 saturated heterocycles. The topological polar surface area (TPSA) is 45.7 Å². The predicted octanol–water partition coefficient (Wildman–Crippen LogP) is 2.94. The van der Waals surface area contributed by atoms with Gasteiger partial charge in [-0.25, -0.2) is 0 Å². The fourth-order valence-electron chi connectivity index (χ4n) is 2.40. The lowest BCUT2D eigenvalue weighted by molar-refractivity contribution is 0.106. The van der Waals surface area contributed by atoms with Crippen LogP contribution in [0.3, 0.4) is 0 Å². The molecule has 0 aromatic rings. The Morgan fingerprint density at radius 2 is 2.10 bits per heavy atom. The summed E-state index contributed by atoms with van der Waals surface area (Å²) in [4.78, 5) is 4.66. The first-order valence-corrected chi connectivity index (χ1v) is 8.28. The van der Waals surface area contributed by atoms with Gasteiger partial charge in [0.25, 0.3) is 0 Å². The van der Waals surface area contributed by atoms with E-state index in [-0.39, 0.29) is 0 Å². The molecule has 0 radical (unpaired) electrons. The van der Waals surface area contributed by atoms with E-state index in [0.717, 1.165) is 38.0 Å². The molecular weight excluding hydrogens is 250 g/mol. The van der Waals surface area contributed by atoms with Gasteiger partial charge < -0.3 is 15.4 Å². The maximum absolute atomic E-state index is 5.63. The molecule has 0 aromatic heterocycles. The number of nitrogens with zero attached hydrogens (tertiary/aromatic N) is 1. The van der Waals surface area contributed by atoms with Gasteiger partial charge >= 0.3 is 0 Å². The lowest BCUT2D eigenvalue weighted by Gasteiger charge is -2.18. The molecule has 1 rings (SSSR count). The molecule has 4 heteroatoms. The van der Waals surface area contributed by atoms with Crippen LogP contribution in [-0.4, -0.2) is 37.8 Å². The minimum Gasteiger partial charge on any atom is -0.378 e. The molecule has 0 bridgehead atoms. The highest BCUT2D eigenvalue weighted by molar-refractivity contribution is 5.80. The summed E-state index contributed by atoms with van der Waals surface area (Å²) in [5.74, 6) is 1.71. The van der Waals surface area contributed by atoms with E-state index in [4.69, 9.17) is 4.74 Å². The third kappa shape index (κ3) is 7.73. The van der Waals surface area contributed by atoms with Gasteiger partial charge in [0.05, 0.1) is 6.10 Å². The molecule has 2 atom stereocenters. The van der Waals surface area contributed by atoms with Gasteiger partial charge in [-0.15, -0.1) is 0 Å². The van der Waals surface area contributed by atoms with Crippen LogP contribution < -0.4 is 10.6 Å². The van der Waals surface area contributed by atoms with Gasteiger partial charge in [-0.2, -0.15) is 0 Å². The highest BCUT2D eigenvalue weighted by Gasteiger charge is 2.14. The first-order valence-electron chi connectivity index (χ1n) is 8.28. The van der Waals surface area contributed by atoms with Crippen molar-refractivity contribution in [1.82, 2.24) is 10.6 Å². The Morgan fingerprint density at radius 3 is 2.70 bits per heavy atom. The third-order valence-electron chi connectivity index (χ3n) is 3.65. The number of nitrogens with one attached hydrogen (secondary N) is 2. The van der Waals surface area contributed by atoms with Crippen LogP contribution in [-0.2, 0) is 4.74 Å². The van der Waals surface area contributed by atoms with E-state index in [0.29, 0.717) is 12.1 Å². The Balaban J connectivity index is 2.29. The molecule has 0 saturated carbocycles. The molecule has 20 heavy (non-hydrogen) atoms. The van der Waals surface area contributed by atoms with Crippen molar-refractivity contribution in [2.75, 3.05) is 19.7 Å². The fourth-order valence-corrected chi connectivity index (χ4v) is 2.40. The van der Waals surface area contributed by atoms with E-state index in [1.54, 1.807) is 0 Å². The highest BCUT2D eigenvalue weighted by atomic mass is 16.5. The summed E-state index contributed by atoms with van der Waals surface area (Å²) in [6, 6.07) is 0.470. The van der Waals surface area contributed by atoms with E-state index < -0.39 is 0 Å². The van der Waals surface area contributed by atoms with E-state index >= 15 is 0 Å². The van der Waals surface area contributed by atoms with Gasteiger partial charge in [0.2, 0.25) is 0 Å². The van der Waals surface area contributed by atoms with Gasteiger partial charge in [0.15, 0.2) is 5.96 Å². The maximum Gasteiger partial charge on any atom is 0.191 e. The summed E-state index contributed by atoms with van der Waals surface area (Å²) in [6.07, 6.45) is 6.32. The van der Waals surface area contributed by atoms with Crippen molar-refractivity contribution in [3.63, 3.8) is 0 Å². The Labute approximate surface area is 124 Å². The van der Waals surface area contributed by atoms with Crippen LogP contribution >= 0.6 is 0 Å². The van der Waals surface area contributed by atoms with E-state index in [9.17, 15) is 0 Å².